The van der Waals surface area contributed by atoms with Gasteiger partial charge in [0.25, 0.3) is 0 Å². The molecule has 1 aromatic heterocycles. The minimum Gasteiger partial charge on any atom is -0.352 e. The first-order valence-corrected chi connectivity index (χ1v) is 5.63. The maximum atomic E-state index is 11.5. The van der Waals surface area contributed by atoms with E-state index < -0.39 is 0 Å². The zero-order chi connectivity index (χ0) is 11.4. The first-order chi connectivity index (χ1) is 7.74. The van der Waals surface area contributed by atoms with Crippen molar-refractivity contribution in [1.82, 2.24) is 15.6 Å². The highest BCUT2D eigenvalue weighted by molar-refractivity contribution is 5.76. The highest BCUT2D eigenvalue weighted by Gasteiger charge is 2.19. The van der Waals surface area contributed by atoms with Crippen molar-refractivity contribution >= 4 is 5.91 Å². The van der Waals surface area contributed by atoms with Crippen LogP contribution in [-0.4, -0.2) is 24.0 Å². The first kappa shape index (κ1) is 11.1. The lowest BCUT2D eigenvalue weighted by Crippen LogP contribution is -2.44. The van der Waals surface area contributed by atoms with Gasteiger partial charge in [-0.3, -0.25) is 9.78 Å². The van der Waals surface area contributed by atoms with E-state index in [0.717, 1.165) is 24.3 Å². The summed E-state index contributed by atoms with van der Waals surface area (Å²) >= 11 is 0. The van der Waals surface area contributed by atoms with Crippen LogP contribution in [0.3, 0.4) is 0 Å². The van der Waals surface area contributed by atoms with Crippen molar-refractivity contribution in [2.24, 2.45) is 5.92 Å². The molecule has 1 aromatic rings. The Hall–Kier alpha value is -1.42. The average molecular weight is 219 g/mol. The Morgan fingerprint density at radius 1 is 1.56 bits per heavy atom. The topological polar surface area (TPSA) is 54.0 Å². The van der Waals surface area contributed by atoms with Gasteiger partial charge in [0, 0.05) is 24.9 Å². The summed E-state index contributed by atoms with van der Waals surface area (Å²) in [6, 6.07) is 3.95. The van der Waals surface area contributed by atoms with Crippen LogP contribution in [0, 0.1) is 12.8 Å². The van der Waals surface area contributed by atoms with Crippen LogP contribution < -0.4 is 10.6 Å². The third kappa shape index (κ3) is 3.03. The van der Waals surface area contributed by atoms with Crippen molar-refractivity contribution in [2.75, 3.05) is 13.1 Å². The van der Waals surface area contributed by atoms with Gasteiger partial charge in [0.15, 0.2) is 0 Å². The molecule has 1 saturated heterocycles. The molecule has 0 saturated carbocycles. The Morgan fingerprint density at radius 2 is 2.38 bits per heavy atom. The van der Waals surface area contributed by atoms with E-state index in [2.05, 4.69) is 15.6 Å². The summed E-state index contributed by atoms with van der Waals surface area (Å²) in [6.45, 7) is 4.47. The Morgan fingerprint density at radius 3 is 2.94 bits per heavy atom. The normalized spacial score (nSPS) is 15.6. The van der Waals surface area contributed by atoms with Crippen molar-refractivity contribution in [3.05, 3.63) is 29.6 Å². The number of nitrogens with zero attached hydrogens (tertiary/aromatic N) is 1. The molecule has 0 bridgehead atoms. The van der Waals surface area contributed by atoms with Crippen LogP contribution in [0.15, 0.2) is 18.3 Å². The lowest BCUT2D eigenvalue weighted by molar-refractivity contribution is -0.122. The molecule has 86 valence electrons. The largest absolute Gasteiger partial charge is 0.352 e. The van der Waals surface area contributed by atoms with Crippen LogP contribution >= 0.6 is 0 Å². The number of carbonyl (C=O) groups excluding carboxylic acids is 1. The molecule has 4 nitrogen and oxygen atoms in total. The Bertz CT molecular complexity index is 357. The second-order valence-corrected chi connectivity index (χ2v) is 4.31. The first-order valence-electron chi connectivity index (χ1n) is 5.63. The Balaban J connectivity index is 1.73. The predicted octanol–water partition coefficient (Wildman–Crippen LogP) is 0.616. The third-order valence-corrected chi connectivity index (χ3v) is 2.80. The summed E-state index contributed by atoms with van der Waals surface area (Å²) < 4.78 is 0. The van der Waals surface area contributed by atoms with Crippen molar-refractivity contribution < 1.29 is 4.79 Å². The Labute approximate surface area is 95.5 Å². The summed E-state index contributed by atoms with van der Waals surface area (Å²) in [6.07, 6.45) is 2.44. The fourth-order valence-electron chi connectivity index (χ4n) is 1.63. The monoisotopic (exact) mass is 219 g/mol. The maximum absolute atomic E-state index is 11.5. The molecular formula is C12H17N3O. The van der Waals surface area contributed by atoms with Crippen LogP contribution in [0.25, 0.3) is 0 Å². The molecule has 2 rings (SSSR count). The summed E-state index contributed by atoms with van der Waals surface area (Å²) in [5, 5.41) is 6.07. The molecule has 2 heterocycles. The lowest BCUT2D eigenvalue weighted by atomic mass is 9.99. The number of nitrogens with one attached hydrogen (secondary N) is 2. The van der Waals surface area contributed by atoms with Gasteiger partial charge in [0.05, 0.1) is 0 Å². The molecule has 0 aliphatic carbocycles. The number of amides is 1. The minimum atomic E-state index is 0.132. The lowest BCUT2D eigenvalue weighted by Gasteiger charge is -2.26. The van der Waals surface area contributed by atoms with E-state index in [0.29, 0.717) is 18.9 Å². The summed E-state index contributed by atoms with van der Waals surface area (Å²) in [7, 11) is 0. The van der Waals surface area contributed by atoms with E-state index >= 15 is 0 Å². The van der Waals surface area contributed by atoms with Gasteiger partial charge in [0.1, 0.15) is 0 Å². The fraction of sp³-hybridized carbons (Fsp3) is 0.500. The average Bonchev–Trinajstić information content (AvgIpc) is 2.23. The second-order valence-electron chi connectivity index (χ2n) is 4.31. The zero-order valence-corrected chi connectivity index (χ0v) is 9.49. The number of rotatable bonds is 4. The number of pyridine rings is 1. The summed E-state index contributed by atoms with van der Waals surface area (Å²) in [4.78, 5) is 15.7. The van der Waals surface area contributed by atoms with Gasteiger partial charge >= 0.3 is 0 Å². The van der Waals surface area contributed by atoms with Crippen molar-refractivity contribution in [2.45, 2.75) is 19.9 Å². The quantitative estimate of drug-likeness (QED) is 0.780. The molecule has 0 aromatic carbocycles. The van der Waals surface area contributed by atoms with Gasteiger partial charge in [-0.15, -0.1) is 0 Å². The summed E-state index contributed by atoms with van der Waals surface area (Å²) in [5.74, 6) is 0.656. The standard InChI is InChI=1S/C12H17N3O/c1-9-2-3-10(7-14-9)8-15-12(16)4-11-5-13-6-11/h2-3,7,11,13H,4-6,8H2,1H3,(H,15,16). The van der Waals surface area contributed by atoms with E-state index in [1.807, 2.05) is 19.1 Å². The molecule has 4 heteroatoms. The predicted molar refractivity (Wildman–Crippen MR) is 61.8 cm³/mol. The number of hydrogen-bond donors (Lipinski definition) is 2. The minimum absolute atomic E-state index is 0.132. The molecule has 0 unspecified atom stereocenters. The van der Waals surface area contributed by atoms with Crippen molar-refractivity contribution in [3.63, 3.8) is 0 Å². The van der Waals surface area contributed by atoms with Crippen LogP contribution in [0.4, 0.5) is 0 Å². The van der Waals surface area contributed by atoms with Crippen molar-refractivity contribution in [1.29, 1.82) is 0 Å². The molecule has 2 N–H and O–H groups in total. The van der Waals surface area contributed by atoms with Crippen LogP contribution in [0.2, 0.25) is 0 Å². The van der Waals surface area contributed by atoms with Gasteiger partial charge in [0.2, 0.25) is 5.91 Å². The van der Waals surface area contributed by atoms with E-state index in [-0.39, 0.29) is 5.91 Å². The molecule has 0 radical (unpaired) electrons. The van der Waals surface area contributed by atoms with Crippen LogP contribution in [0.1, 0.15) is 17.7 Å². The van der Waals surface area contributed by atoms with Gasteiger partial charge in [-0.25, -0.2) is 0 Å². The van der Waals surface area contributed by atoms with Gasteiger partial charge in [-0.05, 0) is 37.6 Å². The Kier molecular flexibility index (Phi) is 3.51. The maximum Gasteiger partial charge on any atom is 0.220 e. The SMILES string of the molecule is Cc1ccc(CNC(=O)CC2CNC2)cn1. The molecule has 16 heavy (non-hydrogen) atoms. The molecule has 0 spiro atoms. The smallest absolute Gasteiger partial charge is 0.220 e. The zero-order valence-electron chi connectivity index (χ0n) is 9.49. The van der Waals surface area contributed by atoms with Crippen LogP contribution in [0.5, 0.6) is 0 Å². The highest BCUT2D eigenvalue weighted by Crippen LogP contribution is 2.07. The number of aromatic nitrogens is 1. The highest BCUT2D eigenvalue weighted by atomic mass is 16.1. The van der Waals surface area contributed by atoms with E-state index in [4.69, 9.17) is 0 Å². The van der Waals surface area contributed by atoms with Crippen LogP contribution in [-0.2, 0) is 11.3 Å². The molecule has 1 aliphatic rings. The number of hydrogen-bond acceptors (Lipinski definition) is 3. The van der Waals surface area contributed by atoms with E-state index in [1.165, 1.54) is 0 Å². The van der Waals surface area contributed by atoms with Gasteiger partial charge in [-0.2, -0.15) is 0 Å². The molecule has 0 atom stereocenters. The number of carbonyl (C=O) groups is 1. The van der Waals surface area contributed by atoms with E-state index in [1.54, 1.807) is 6.20 Å². The van der Waals surface area contributed by atoms with Gasteiger partial charge in [-0.1, -0.05) is 6.07 Å². The second kappa shape index (κ2) is 5.07. The van der Waals surface area contributed by atoms with E-state index in [9.17, 15) is 4.79 Å². The fourth-order valence-corrected chi connectivity index (χ4v) is 1.63. The third-order valence-electron chi connectivity index (χ3n) is 2.80. The molecule has 1 fully saturated rings. The number of aryl methyl sites for hydroxylation is 1. The molecule has 1 aliphatic heterocycles. The molecular weight excluding hydrogens is 202 g/mol. The van der Waals surface area contributed by atoms with Gasteiger partial charge < -0.3 is 10.6 Å². The molecule has 1 amide bonds. The summed E-state index contributed by atoms with van der Waals surface area (Å²) in [5.41, 5.74) is 2.04. The van der Waals surface area contributed by atoms with Crippen molar-refractivity contribution in [3.8, 4) is 0 Å².